The summed E-state index contributed by atoms with van der Waals surface area (Å²) in [6.07, 6.45) is 0. The molecule has 1 aromatic heterocycles. The van der Waals surface area contributed by atoms with E-state index in [1.165, 1.54) is 30.3 Å². The van der Waals surface area contributed by atoms with Crippen LogP contribution in [-0.2, 0) is 10.0 Å². The topological polar surface area (TPSA) is 106 Å². The number of sulfonamides is 1. The molecule has 0 saturated heterocycles. The second kappa shape index (κ2) is 8.09. The molecule has 3 N–H and O–H groups in total. The third-order valence-electron chi connectivity index (χ3n) is 4.21. The van der Waals surface area contributed by atoms with Crippen molar-refractivity contribution in [2.45, 2.75) is 4.21 Å². The zero-order chi connectivity index (χ0) is 21.1. The molecule has 0 bridgehead atoms. The first-order chi connectivity index (χ1) is 14.4. The molecule has 1 amide bonds. The minimum absolute atomic E-state index is 0.176. The van der Waals surface area contributed by atoms with Gasteiger partial charge in [-0.3, -0.25) is 20.4 Å². The summed E-state index contributed by atoms with van der Waals surface area (Å²) in [7, 11) is -3.63. The van der Waals surface area contributed by atoms with Crippen LogP contribution in [0.4, 0.5) is 5.69 Å². The first-order valence-electron chi connectivity index (χ1n) is 8.74. The van der Waals surface area contributed by atoms with Crippen molar-refractivity contribution in [3.63, 3.8) is 0 Å². The molecule has 0 aliphatic carbocycles. The van der Waals surface area contributed by atoms with Gasteiger partial charge in [0.2, 0.25) is 6.79 Å². The highest BCUT2D eigenvalue weighted by Gasteiger charge is 2.16. The van der Waals surface area contributed by atoms with Gasteiger partial charge in [-0.05, 0) is 53.9 Å². The Labute approximate surface area is 177 Å². The van der Waals surface area contributed by atoms with Crippen molar-refractivity contribution in [1.82, 2.24) is 10.9 Å². The SMILES string of the molecule is C=C(NNC(=O)c1ccc(NS(=O)(=O)c2cccs2)cc1)c1ccc2c(c1)OCO2. The lowest BCUT2D eigenvalue weighted by molar-refractivity contribution is 0.0942. The molecule has 3 aromatic rings. The minimum atomic E-state index is -3.63. The molecule has 2 aromatic carbocycles. The molecule has 30 heavy (non-hydrogen) atoms. The van der Waals surface area contributed by atoms with E-state index in [1.54, 1.807) is 29.6 Å². The summed E-state index contributed by atoms with van der Waals surface area (Å²) in [6, 6.07) is 14.6. The Morgan fingerprint density at radius 2 is 1.70 bits per heavy atom. The van der Waals surface area contributed by atoms with Gasteiger partial charge in [0.05, 0.1) is 5.70 Å². The first-order valence-corrected chi connectivity index (χ1v) is 11.1. The lowest BCUT2D eigenvalue weighted by Gasteiger charge is -2.12. The van der Waals surface area contributed by atoms with Gasteiger partial charge in [0.25, 0.3) is 15.9 Å². The maximum atomic E-state index is 12.4. The van der Waals surface area contributed by atoms with E-state index in [2.05, 4.69) is 22.2 Å². The molecule has 4 rings (SSSR count). The number of carbonyl (C=O) groups is 1. The predicted octanol–water partition coefficient (Wildman–Crippen LogP) is 3.18. The Balaban J connectivity index is 1.35. The molecule has 0 spiro atoms. The van der Waals surface area contributed by atoms with Crippen LogP contribution in [-0.4, -0.2) is 21.1 Å². The summed E-state index contributed by atoms with van der Waals surface area (Å²) < 4.78 is 37.8. The van der Waals surface area contributed by atoms with Gasteiger partial charge in [-0.15, -0.1) is 11.3 Å². The Hall–Kier alpha value is -3.50. The molecule has 0 fully saturated rings. The molecule has 154 valence electrons. The van der Waals surface area contributed by atoms with E-state index in [4.69, 9.17) is 9.47 Å². The number of benzene rings is 2. The van der Waals surface area contributed by atoms with E-state index in [9.17, 15) is 13.2 Å². The highest BCUT2D eigenvalue weighted by Crippen LogP contribution is 2.33. The van der Waals surface area contributed by atoms with Gasteiger partial charge >= 0.3 is 0 Å². The van der Waals surface area contributed by atoms with Crippen molar-refractivity contribution in [3.05, 3.63) is 77.7 Å². The van der Waals surface area contributed by atoms with Crippen LogP contribution in [0, 0.1) is 0 Å². The summed E-state index contributed by atoms with van der Waals surface area (Å²) in [6.45, 7) is 4.07. The highest BCUT2D eigenvalue weighted by molar-refractivity contribution is 7.94. The maximum Gasteiger partial charge on any atom is 0.271 e. The van der Waals surface area contributed by atoms with Crippen LogP contribution in [0.2, 0.25) is 0 Å². The van der Waals surface area contributed by atoms with Crippen LogP contribution in [0.3, 0.4) is 0 Å². The number of carbonyl (C=O) groups excluding carboxylic acids is 1. The van der Waals surface area contributed by atoms with Crippen LogP contribution < -0.4 is 25.0 Å². The number of thiophene rings is 1. The Morgan fingerprint density at radius 1 is 0.967 bits per heavy atom. The summed E-state index contributed by atoms with van der Waals surface area (Å²) in [5, 5.41) is 1.69. The standard InChI is InChI=1S/C20H17N3O5S2/c1-13(15-6-9-17-18(11-15)28-12-27-17)21-22-20(24)14-4-7-16(8-5-14)23-30(25,26)19-3-2-10-29-19/h2-11,21,23H,1,12H2,(H,22,24). The molecule has 0 radical (unpaired) electrons. The van der Waals surface area contributed by atoms with Crippen molar-refractivity contribution in [2.75, 3.05) is 11.5 Å². The van der Waals surface area contributed by atoms with Gasteiger partial charge in [-0.1, -0.05) is 12.6 Å². The molecule has 1 aliphatic rings. The molecule has 1 aliphatic heterocycles. The predicted molar refractivity (Wildman–Crippen MR) is 114 cm³/mol. The molecule has 0 saturated carbocycles. The van der Waals surface area contributed by atoms with Crippen molar-refractivity contribution in [3.8, 4) is 11.5 Å². The maximum absolute atomic E-state index is 12.4. The summed E-state index contributed by atoms with van der Waals surface area (Å²) in [4.78, 5) is 12.4. The summed E-state index contributed by atoms with van der Waals surface area (Å²) in [5.41, 5.74) is 7.23. The number of nitrogens with one attached hydrogen (secondary N) is 3. The fraction of sp³-hybridized carbons (Fsp3) is 0.0500. The number of fused-ring (bicyclic) bond motifs is 1. The van der Waals surface area contributed by atoms with Crippen molar-refractivity contribution in [2.24, 2.45) is 0 Å². The zero-order valence-corrected chi connectivity index (χ0v) is 17.2. The normalized spacial score (nSPS) is 12.3. The average molecular weight is 444 g/mol. The van der Waals surface area contributed by atoms with Crippen LogP contribution >= 0.6 is 11.3 Å². The molecular weight excluding hydrogens is 426 g/mol. The number of anilines is 1. The summed E-state index contributed by atoms with van der Waals surface area (Å²) >= 11 is 1.13. The monoisotopic (exact) mass is 443 g/mol. The van der Waals surface area contributed by atoms with E-state index in [0.29, 0.717) is 28.4 Å². The zero-order valence-electron chi connectivity index (χ0n) is 15.5. The minimum Gasteiger partial charge on any atom is -0.454 e. The number of hydrazine groups is 1. The van der Waals surface area contributed by atoms with Crippen LogP contribution in [0.1, 0.15) is 15.9 Å². The lowest BCUT2D eigenvalue weighted by atomic mass is 10.1. The van der Waals surface area contributed by atoms with Gasteiger partial charge in [0.15, 0.2) is 11.5 Å². The average Bonchev–Trinajstić information content (AvgIpc) is 3.43. The Bertz CT molecular complexity index is 1190. The van der Waals surface area contributed by atoms with Crippen molar-refractivity contribution < 1.29 is 22.7 Å². The van der Waals surface area contributed by atoms with Crippen LogP contribution in [0.25, 0.3) is 5.70 Å². The van der Waals surface area contributed by atoms with Gasteiger partial charge in [-0.2, -0.15) is 0 Å². The van der Waals surface area contributed by atoms with Gasteiger partial charge in [0.1, 0.15) is 4.21 Å². The highest BCUT2D eigenvalue weighted by atomic mass is 32.2. The largest absolute Gasteiger partial charge is 0.454 e. The van der Waals surface area contributed by atoms with Gasteiger partial charge in [-0.25, -0.2) is 8.42 Å². The fourth-order valence-corrected chi connectivity index (χ4v) is 4.72. The number of rotatable bonds is 7. The lowest BCUT2D eigenvalue weighted by Crippen LogP contribution is -2.35. The second-order valence-electron chi connectivity index (χ2n) is 6.24. The molecule has 2 heterocycles. The summed E-state index contributed by atoms with van der Waals surface area (Å²) in [5.74, 6) is 0.873. The number of amides is 1. The Morgan fingerprint density at radius 3 is 2.43 bits per heavy atom. The van der Waals surface area contributed by atoms with Crippen molar-refractivity contribution >= 4 is 38.7 Å². The van der Waals surface area contributed by atoms with Crippen LogP contribution in [0.5, 0.6) is 11.5 Å². The van der Waals surface area contributed by atoms with Gasteiger partial charge in [0, 0.05) is 16.8 Å². The smallest absolute Gasteiger partial charge is 0.271 e. The number of hydrogen-bond donors (Lipinski definition) is 3. The van der Waals surface area contributed by atoms with E-state index >= 15 is 0 Å². The van der Waals surface area contributed by atoms with E-state index in [0.717, 1.165) is 16.9 Å². The van der Waals surface area contributed by atoms with E-state index < -0.39 is 15.9 Å². The molecule has 0 atom stereocenters. The van der Waals surface area contributed by atoms with E-state index in [1.807, 2.05) is 0 Å². The molecule has 0 unspecified atom stereocenters. The second-order valence-corrected chi connectivity index (χ2v) is 9.10. The van der Waals surface area contributed by atoms with Crippen molar-refractivity contribution in [1.29, 1.82) is 0 Å². The Kier molecular flexibility index (Phi) is 5.34. The molecular formula is C20H17N3O5S2. The van der Waals surface area contributed by atoms with Crippen LogP contribution in [0.15, 0.2) is 70.8 Å². The molecule has 8 nitrogen and oxygen atoms in total. The fourth-order valence-electron chi connectivity index (χ4n) is 2.67. The number of ether oxygens (including phenoxy) is 2. The molecule has 10 heteroatoms. The quantitative estimate of drug-likeness (QED) is 0.485. The number of hydrogen-bond acceptors (Lipinski definition) is 7. The third-order valence-corrected chi connectivity index (χ3v) is 6.99. The van der Waals surface area contributed by atoms with E-state index in [-0.39, 0.29) is 11.0 Å². The first kappa shape index (κ1) is 19.8. The third kappa shape index (κ3) is 4.24. The van der Waals surface area contributed by atoms with Gasteiger partial charge < -0.3 is 9.47 Å².